The van der Waals surface area contributed by atoms with Crippen LogP contribution in [-0.4, -0.2) is 45.2 Å². The van der Waals surface area contributed by atoms with Crippen LogP contribution in [0.25, 0.3) is 22.3 Å². The van der Waals surface area contributed by atoms with Gasteiger partial charge in [-0.05, 0) is 37.3 Å². The maximum atomic E-state index is 15.0. The van der Waals surface area contributed by atoms with E-state index in [2.05, 4.69) is 5.32 Å². The van der Waals surface area contributed by atoms with E-state index < -0.39 is 30.0 Å². The Hall–Kier alpha value is -3.63. The van der Waals surface area contributed by atoms with Crippen molar-refractivity contribution in [2.24, 2.45) is 0 Å². The van der Waals surface area contributed by atoms with Crippen LogP contribution in [0.4, 0.5) is 4.39 Å². The second-order valence-corrected chi connectivity index (χ2v) is 9.88. The zero-order chi connectivity index (χ0) is 26.2. The number of aryl methyl sites for hydroxylation is 1. The van der Waals surface area contributed by atoms with Crippen molar-refractivity contribution < 1.29 is 28.9 Å². The van der Waals surface area contributed by atoms with E-state index in [-0.39, 0.29) is 42.9 Å². The van der Waals surface area contributed by atoms with Gasteiger partial charge in [0.05, 0.1) is 36.6 Å². The number of carbonyl (C=O) groups excluding carboxylic acids is 2. The minimum Gasteiger partial charge on any atom is -0.493 e. The number of benzene rings is 1. The molecule has 3 aromatic rings. The van der Waals surface area contributed by atoms with Crippen LogP contribution in [0.15, 0.2) is 16.9 Å². The summed E-state index contributed by atoms with van der Waals surface area (Å²) < 4.78 is 22.0. The van der Waals surface area contributed by atoms with Crippen molar-refractivity contribution in [3.63, 3.8) is 0 Å². The van der Waals surface area contributed by atoms with Gasteiger partial charge in [-0.15, -0.1) is 0 Å². The second-order valence-electron chi connectivity index (χ2n) is 9.88. The Kier molecular flexibility index (Phi) is 5.26. The molecule has 6 rings (SSSR count). The number of ketones is 1. The number of aliphatic hydroxyl groups is 2. The molecule has 2 atom stereocenters. The number of aromatic nitrogens is 2. The minimum absolute atomic E-state index is 0.0873. The van der Waals surface area contributed by atoms with Crippen LogP contribution in [0.2, 0.25) is 0 Å². The highest BCUT2D eigenvalue weighted by molar-refractivity contribution is 5.95. The van der Waals surface area contributed by atoms with Gasteiger partial charge in [-0.1, -0.05) is 6.92 Å². The molecule has 1 amide bonds. The number of amides is 1. The fourth-order valence-electron chi connectivity index (χ4n) is 6.35. The molecule has 3 aliphatic rings. The van der Waals surface area contributed by atoms with Gasteiger partial charge in [0.15, 0.2) is 17.3 Å². The molecule has 0 bridgehead atoms. The summed E-state index contributed by atoms with van der Waals surface area (Å²) in [5.74, 6) is -1.31. The highest BCUT2D eigenvalue weighted by Crippen LogP contribution is 2.47. The lowest BCUT2D eigenvalue weighted by Gasteiger charge is -2.32. The third kappa shape index (κ3) is 3.15. The van der Waals surface area contributed by atoms with Gasteiger partial charge < -0.3 is 24.8 Å². The van der Waals surface area contributed by atoms with Gasteiger partial charge in [0, 0.05) is 40.1 Å². The van der Waals surface area contributed by atoms with Crippen molar-refractivity contribution in [2.75, 3.05) is 13.7 Å². The molecule has 9 nitrogen and oxygen atoms in total. The van der Waals surface area contributed by atoms with Crippen LogP contribution in [0, 0.1) is 5.82 Å². The molecule has 0 spiro atoms. The van der Waals surface area contributed by atoms with Crippen LogP contribution in [0.3, 0.4) is 0 Å². The number of nitrogens with one attached hydrogen (secondary N) is 1. The molecule has 2 aliphatic carbocycles. The smallest absolute Gasteiger partial charge is 0.254 e. The predicted molar refractivity (Wildman–Crippen MR) is 131 cm³/mol. The molecule has 0 saturated carbocycles. The Bertz CT molecular complexity index is 1600. The number of fused-ring (bicyclic) bond motifs is 5. The molecule has 1 aliphatic heterocycles. The largest absolute Gasteiger partial charge is 0.493 e. The van der Waals surface area contributed by atoms with E-state index in [0.717, 1.165) is 0 Å². The van der Waals surface area contributed by atoms with Gasteiger partial charge in [-0.2, -0.15) is 0 Å². The standard InChI is InChI=1S/C27H26FN3O6/c1-3-27(36)15-8-19-24-14(10-31(19)26(35)12(15)5-7-20(27)33)23-17(29-21(34)11-32)6-4-13-22(23)18(30-24)9-16(28)25(13)37-2/h8-9,17,32,36H,3-7,10-11H2,1-2H3,(H,29,34)/t17?,27-/m0/s1. The number of carbonyl (C=O) groups is 2. The fourth-order valence-corrected chi connectivity index (χ4v) is 6.35. The van der Waals surface area contributed by atoms with E-state index in [9.17, 15) is 24.6 Å². The van der Waals surface area contributed by atoms with Gasteiger partial charge in [0.25, 0.3) is 5.56 Å². The second kappa shape index (κ2) is 8.19. The van der Waals surface area contributed by atoms with Gasteiger partial charge >= 0.3 is 0 Å². The van der Waals surface area contributed by atoms with Crippen molar-refractivity contribution in [1.82, 2.24) is 14.9 Å². The van der Waals surface area contributed by atoms with Crippen LogP contribution in [0.1, 0.15) is 60.0 Å². The quantitative estimate of drug-likeness (QED) is 0.384. The van der Waals surface area contributed by atoms with Gasteiger partial charge in [-0.3, -0.25) is 14.4 Å². The Balaban J connectivity index is 1.67. The molecule has 0 saturated heterocycles. The molecule has 1 unspecified atom stereocenters. The average molecular weight is 508 g/mol. The Morgan fingerprint density at radius 3 is 2.73 bits per heavy atom. The number of methoxy groups -OCH3 is 1. The highest BCUT2D eigenvalue weighted by Gasteiger charge is 2.44. The number of hydrogen-bond acceptors (Lipinski definition) is 7. The maximum absolute atomic E-state index is 15.0. The topological polar surface area (TPSA) is 131 Å². The first-order valence-electron chi connectivity index (χ1n) is 12.4. The number of nitrogens with zero attached hydrogens (tertiary/aromatic N) is 2. The van der Waals surface area contributed by atoms with Crippen LogP contribution in [0.5, 0.6) is 5.75 Å². The van der Waals surface area contributed by atoms with E-state index in [1.807, 2.05) is 0 Å². The Labute approximate surface area is 210 Å². The first kappa shape index (κ1) is 23.7. The lowest BCUT2D eigenvalue weighted by molar-refractivity contribution is -0.140. The van der Waals surface area contributed by atoms with Crippen molar-refractivity contribution in [3.05, 3.63) is 56.1 Å². The molecule has 37 heavy (non-hydrogen) atoms. The van der Waals surface area contributed by atoms with Crippen molar-refractivity contribution in [2.45, 2.75) is 57.2 Å². The monoisotopic (exact) mass is 507 g/mol. The van der Waals surface area contributed by atoms with E-state index >= 15 is 4.39 Å². The summed E-state index contributed by atoms with van der Waals surface area (Å²) in [4.78, 5) is 43.3. The summed E-state index contributed by atoms with van der Waals surface area (Å²) in [6, 6.07) is 2.46. The number of hydrogen-bond donors (Lipinski definition) is 3. The normalized spacial score (nSPS) is 21.4. The average Bonchev–Trinajstić information content (AvgIpc) is 3.26. The van der Waals surface area contributed by atoms with Gasteiger partial charge in [0.2, 0.25) is 5.91 Å². The van der Waals surface area contributed by atoms with E-state index in [1.165, 1.54) is 13.2 Å². The fraction of sp³-hybridized carbons (Fsp3) is 0.407. The molecule has 10 heteroatoms. The molecular formula is C27H26FN3O6. The predicted octanol–water partition coefficient (Wildman–Crippen LogP) is 1.78. The van der Waals surface area contributed by atoms with E-state index in [4.69, 9.17) is 9.72 Å². The first-order chi connectivity index (χ1) is 17.7. The van der Waals surface area contributed by atoms with Crippen LogP contribution >= 0.6 is 0 Å². The summed E-state index contributed by atoms with van der Waals surface area (Å²) >= 11 is 0. The Morgan fingerprint density at radius 2 is 2.03 bits per heavy atom. The summed E-state index contributed by atoms with van der Waals surface area (Å²) in [6.07, 6.45) is 1.33. The number of Topliss-reactive ketones (excluding diaryl/α,β-unsaturated/α-hetero) is 1. The molecule has 0 fully saturated rings. The number of rotatable bonds is 4. The summed E-state index contributed by atoms with van der Waals surface area (Å²) in [5, 5.41) is 24.1. The molecule has 2 aromatic heterocycles. The summed E-state index contributed by atoms with van der Waals surface area (Å²) in [7, 11) is 1.40. The lowest BCUT2D eigenvalue weighted by Crippen LogP contribution is -2.43. The lowest BCUT2D eigenvalue weighted by atomic mass is 9.77. The molecule has 1 aromatic carbocycles. The molecule has 0 radical (unpaired) electrons. The van der Waals surface area contributed by atoms with Crippen molar-refractivity contribution in [1.29, 1.82) is 0 Å². The SMILES string of the molecule is CC[C@@]1(O)C(=O)CCc2c1cc1n(c2=O)Cc2c-1nc1cc(F)c(OC)c3c1c2C(NC(=O)CO)CC3. The van der Waals surface area contributed by atoms with Crippen LogP contribution in [-0.2, 0) is 34.6 Å². The number of halogens is 1. The number of aliphatic hydroxyl groups excluding tert-OH is 1. The molecular weight excluding hydrogens is 481 g/mol. The van der Waals surface area contributed by atoms with E-state index in [0.29, 0.717) is 62.9 Å². The van der Waals surface area contributed by atoms with Crippen molar-refractivity contribution >= 4 is 22.6 Å². The van der Waals surface area contributed by atoms with Crippen molar-refractivity contribution in [3.8, 4) is 17.1 Å². The molecule has 3 heterocycles. The first-order valence-corrected chi connectivity index (χ1v) is 12.4. The third-order valence-corrected chi connectivity index (χ3v) is 8.12. The summed E-state index contributed by atoms with van der Waals surface area (Å²) in [5.41, 5.74) is 1.97. The zero-order valence-electron chi connectivity index (χ0n) is 20.5. The van der Waals surface area contributed by atoms with Crippen LogP contribution < -0.4 is 15.6 Å². The maximum Gasteiger partial charge on any atom is 0.254 e. The van der Waals surface area contributed by atoms with E-state index in [1.54, 1.807) is 17.6 Å². The summed E-state index contributed by atoms with van der Waals surface area (Å²) in [6.45, 7) is 1.20. The Morgan fingerprint density at radius 1 is 1.24 bits per heavy atom. The molecule has 3 N–H and O–H groups in total. The van der Waals surface area contributed by atoms with Gasteiger partial charge in [-0.25, -0.2) is 9.37 Å². The minimum atomic E-state index is -1.75. The third-order valence-electron chi connectivity index (χ3n) is 8.12. The highest BCUT2D eigenvalue weighted by atomic mass is 19.1. The van der Waals surface area contributed by atoms with Gasteiger partial charge in [0.1, 0.15) is 12.2 Å². The molecule has 192 valence electrons. The number of pyridine rings is 2. The number of ether oxygens (including phenoxy) is 1. The zero-order valence-corrected chi connectivity index (χ0v) is 20.5.